The lowest BCUT2D eigenvalue weighted by Crippen LogP contribution is -2.66. The molecule has 1 aliphatic carbocycles. The predicted molar refractivity (Wildman–Crippen MR) is 78.5 cm³/mol. The number of amides is 3. The summed E-state index contributed by atoms with van der Waals surface area (Å²) in [6.07, 6.45) is 3.41. The van der Waals surface area contributed by atoms with Crippen molar-refractivity contribution >= 4 is 24.3 Å². The summed E-state index contributed by atoms with van der Waals surface area (Å²) in [6.45, 7) is 2.59. The smallest absolute Gasteiger partial charge is 0.346 e. The molecule has 2 bridgehead atoms. The average molecular weight is 328 g/mol. The van der Waals surface area contributed by atoms with Crippen LogP contribution in [0.2, 0.25) is 0 Å². The van der Waals surface area contributed by atoms with Crippen molar-refractivity contribution in [3.63, 3.8) is 0 Å². The first-order valence-electron chi connectivity index (χ1n) is 7.71. The summed E-state index contributed by atoms with van der Waals surface area (Å²) < 4.78 is 13.7. The normalized spacial score (nSPS) is 32.9. The van der Waals surface area contributed by atoms with Gasteiger partial charge in [-0.1, -0.05) is 0 Å². The van der Waals surface area contributed by atoms with E-state index in [2.05, 4.69) is 10.6 Å². The quantitative estimate of drug-likeness (QED) is 0.637. The second kappa shape index (κ2) is 5.26. The van der Waals surface area contributed by atoms with Crippen LogP contribution in [0.25, 0.3) is 0 Å². The van der Waals surface area contributed by atoms with E-state index in [1.807, 2.05) is 0 Å². The monoisotopic (exact) mass is 328 g/mol. The number of carbonyl (C=O) groups is 2. The molecule has 3 aliphatic heterocycles. The molecular formula is C13H20N4O4S. The molecule has 0 aromatic rings. The molecule has 4 rings (SSSR count). The first-order valence-corrected chi connectivity index (χ1v) is 8.41. The van der Waals surface area contributed by atoms with Gasteiger partial charge < -0.3 is 20.1 Å². The largest absolute Gasteiger partial charge is 0.352 e. The molecule has 22 heavy (non-hydrogen) atoms. The van der Waals surface area contributed by atoms with Crippen LogP contribution in [0.1, 0.15) is 25.7 Å². The Morgan fingerprint density at radius 2 is 2.18 bits per heavy atom. The van der Waals surface area contributed by atoms with Gasteiger partial charge in [0.25, 0.3) is 0 Å². The van der Waals surface area contributed by atoms with E-state index in [0.717, 1.165) is 25.9 Å². The van der Waals surface area contributed by atoms with Gasteiger partial charge in [-0.15, -0.1) is 0 Å². The zero-order chi connectivity index (χ0) is 15.3. The van der Waals surface area contributed by atoms with Gasteiger partial charge in [-0.05, 0) is 31.1 Å². The van der Waals surface area contributed by atoms with Gasteiger partial charge in [0.2, 0.25) is 5.91 Å². The number of hydroxylamine groups is 2. The third kappa shape index (κ3) is 2.18. The zero-order valence-corrected chi connectivity index (χ0v) is 13.0. The van der Waals surface area contributed by atoms with Gasteiger partial charge >= 0.3 is 6.03 Å². The van der Waals surface area contributed by atoms with E-state index in [9.17, 15) is 9.59 Å². The summed E-state index contributed by atoms with van der Waals surface area (Å²) in [5.41, 5.74) is 0.419. The highest BCUT2D eigenvalue weighted by Gasteiger charge is 2.51. The van der Waals surface area contributed by atoms with Gasteiger partial charge in [0.15, 0.2) is 12.3 Å². The minimum atomic E-state index is -0.419. The summed E-state index contributed by atoms with van der Waals surface area (Å²) in [5.74, 6) is -0.0579. The molecule has 3 saturated heterocycles. The number of nitrogens with zero attached hydrogens (tertiary/aromatic N) is 2. The summed E-state index contributed by atoms with van der Waals surface area (Å²) >= 11 is 0.165. The molecule has 9 heteroatoms. The van der Waals surface area contributed by atoms with Crippen molar-refractivity contribution in [3.8, 4) is 0 Å². The Morgan fingerprint density at radius 1 is 1.41 bits per heavy atom. The highest BCUT2D eigenvalue weighted by molar-refractivity contribution is 7.88. The highest BCUT2D eigenvalue weighted by atomic mass is 32.2. The number of hydrogen-bond acceptors (Lipinski definition) is 6. The summed E-state index contributed by atoms with van der Waals surface area (Å²) in [5, 5.41) is 7.54. The third-order valence-corrected chi connectivity index (χ3v) is 5.67. The average Bonchev–Trinajstić information content (AvgIpc) is 2.66. The lowest BCUT2D eigenvalue weighted by atomic mass is 9.61. The molecule has 3 heterocycles. The number of hydrogen-bond donors (Lipinski definition) is 3. The fourth-order valence-electron chi connectivity index (χ4n) is 4.19. The van der Waals surface area contributed by atoms with Crippen molar-refractivity contribution in [3.05, 3.63) is 0 Å². The maximum Gasteiger partial charge on any atom is 0.346 e. The summed E-state index contributed by atoms with van der Waals surface area (Å²) in [4.78, 5) is 26.3. The Balaban J connectivity index is 1.35. The molecule has 0 aromatic heterocycles. The molecule has 1 saturated carbocycles. The minimum absolute atomic E-state index is 0.0579. The highest BCUT2D eigenvalue weighted by Crippen LogP contribution is 2.44. The third-order valence-electron chi connectivity index (χ3n) is 5.44. The number of fused-ring (bicyclic) bond motifs is 2. The van der Waals surface area contributed by atoms with Crippen LogP contribution in [0, 0.1) is 5.41 Å². The zero-order valence-electron chi connectivity index (χ0n) is 12.2. The number of rotatable bonds is 4. The standard InChI is InChI=1S/C13H20N4O4S/c18-11(15-8-3-13(4-8)6-14-7-13)10-2-1-9-5-16(10)12(19)17(9)21-22-20/h8-10,14,20H,1-7H2,(H,15,18). The fourth-order valence-corrected chi connectivity index (χ4v) is 4.45. The molecule has 4 fully saturated rings. The molecule has 1 spiro atoms. The number of urea groups is 1. The molecule has 3 amide bonds. The molecule has 2 unspecified atom stereocenters. The minimum Gasteiger partial charge on any atom is -0.352 e. The number of nitrogens with one attached hydrogen (secondary N) is 2. The molecule has 3 N–H and O–H groups in total. The number of carbonyl (C=O) groups excluding carboxylic acids is 2. The van der Waals surface area contributed by atoms with Crippen LogP contribution >= 0.6 is 12.3 Å². The maximum atomic E-state index is 12.5. The van der Waals surface area contributed by atoms with E-state index < -0.39 is 6.04 Å². The van der Waals surface area contributed by atoms with Crippen LogP contribution in [-0.4, -0.2) is 64.2 Å². The summed E-state index contributed by atoms with van der Waals surface area (Å²) in [7, 11) is 0. The first kappa shape index (κ1) is 14.6. The lowest BCUT2D eigenvalue weighted by molar-refractivity contribution is -0.129. The molecule has 0 aromatic carbocycles. The Hall–Kier alpha value is -1.03. The fraction of sp³-hybridized carbons (Fsp3) is 0.846. The van der Waals surface area contributed by atoms with E-state index in [-0.39, 0.29) is 36.3 Å². The molecule has 122 valence electrons. The van der Waals surface area contributed by atoms with Gasteiger partial charge in [-0.2, -0.15) is 9.35 Å². The second-order valence-electron chi connectivity index (χ2n) is 6.87. The Labute approximate surface area is 132 Å². The van der Waals surface area contributed by atoms with E-state index >= 15 is 0 Å². The van der Waals surface area contributed by atoms with Crippen molar-refractivity contribution in [2.75, 3.05) is 19.6 Å². The Morgan fingerprint density at radius 3 is 2.82 bits per heavy atom. The van der Waals surface area contributed by atoms with E-state index in [4.69, 9.17) is 8.84 Å². The van der Waals surface area contributed by atoms with Gasteiger partial charge in [0, 0.05) is 25.7 Å². The SMILES string of the molecule is O=C(NC1CC2(CNC2)C1)C1CCC2CN1C(=O)N2OSO. The van der Waals surface area contributed by atoms with Crippen molar-refractivity contribution in [1.82, 2.24) is 20.6 Å². The molecule has 8 nitrogen and oxygen atoms in total. The van der Waals surface area contributed by atoms with Gasteiger partial charge in [-0.3, -0.25) is 4.79 Å². The summed E-state index contributed by atoms with van der Waals surface area (Å²) in [6, 6.07) is -0.593. The number of piperidine rings is 1. The topological polar surface area (TPSA) is 94.1 Å². The molecule has 0 radical (unpaired) electrons. The van der Waals surface area contributed by atoms with Gasteiger partial charge in [0.05, 0.1) is 6.04 Å². The van der Waals surface area contributed by atoms with E-state index in [0.29, 0.717) is 24.8 Å². The maximum absolute atomic E-state index is 12.5. The van der Waals surface area contributed by atoms with Crippen LogP contribution in [0.4, 0.5) is 4.79 Å². The second-order valence-corrected chi connectivity index (χ2v) is 7.17. The Kier molecular flexibility index (Phi) is 3.48. The van der Waals surface area contributed by atoms with Gasteiger partial charge in [-0.25, -0.2) is 4.79 Å². The van der Waals surface area contributed by atoms with Crippen LogP contribution in [0.3, 0.4) is 0 Å². The lowest BCUT2D eigenvalue weighted by Gasteiger charge is -2.54. The Bertz CT molecular complexity index is 492. The van der Waals surface area contributed by atoms with E-state index in [1.54, 1.807) is 4.90 Å². The predicted octanol–water partition coefficient (Wildman–Crippen LogP) is 0.176. The van der Waals surface area contributed by atoms with Crippen molar-refractivity contribution < 1.29 is 18.4 Å². The molecule has 4 aliphatic rings. The van der Waals surface area contributed by atoms with Crippen LogP contribution < -0.4 is 10.6 Å². The van der Waals surface area contributed by atoms with Crippen molar-refractivity contribution in [2.24, 2.45) is 5.41 Å². The first-order chi connectivity index (χ1) is 10.6. The van der Waals surface area contributed by atoms with Crippen LogP contribution in [0.5, 0.6) is 0 Å². The van der Waals surface area contributed by atoms with Crippen molar-refractivity contribution in [1.29, 1.82) is 0 Å². The van der Waals surface area contributed by atoms with Crippen molar-refractivity contribution in [2.45, 2.75) is 43.8 Å². The molecular weight excluding hydrogens is 308 g/mol. The van der Waals surface area contributed by atoms with Crippen LogP contribution in [0.15, 0.2) is 0 Å². The van der Waals surface area contributed by atoms with Gasteiger partial charge in [0.1, 0.15) is 6.04 Å². The van der Waals surface area contributed by atoms with E-state index in [1.165, 1.54) is 5.06 Å². The van der Waals surface area contributed by atoms with Crippen LogP contribution in [-0.2, 0) is 9.08 Å². The molecule has 2 atom stereocenters.